The first-order valence-electron chi connectivity index (χ1n) is 2.59. The van der Waals surface area contributed by atoms with Gasteiger partial charge in [0.05, 0.1) is 6.04 Å². The van der Waals surface area contributed by atoms with E-state index in [2.05, 4.69) is 5.92 Å². The number of carbonyl (C=O) groups is 2. The first kappa shape index (κ1) is 8.50. The Bertz CT molecular complexity index is 170. The van der Waals surface area contributed by atoms with E-state index in [0.717, 1.165) is 0 Å². The third kappa shape index (κ3) is 3.50. The van der Waals surface area contributed by atoms with Crippen LogP contribution in [-0.2, 0) is 4.79 Å². The van der Waals surface area contributed by atoms with Crippen molar-refractivity contribution in [2.45, 2.75) is 12.5 Å². The number of amides is 1. The molecule has 54 valence electrons. The first-order valence-corrected chi connectivity index (χ1v) is 2.59. The number of carbonyl (C=O) groups excluding carboxylic acids is 1. The third-order valence-electron chi connectivity index (χ3n) is 0.811. The Kier molecular flexibility index (Phi) is 3.73. The van der Waals surface area contributed by atoms with Gasteiger partial charge in [0.25, 0.3) is 0 Å². The van der Waals surface area contributed by atoms with Crippen molar-refractivity contribution < 1.29 is 14.7 Å². The van der Waals surface area contributed by atoms with Gasteiger partial charge < -0.3 is 15.2 Å². The first-order chi connectivity index (χ1) is 4.70. The van der Waals surface area contributed by atoms with Gasteiger partial charge in [-0.1, -0.05) is 0 Å². The van der Waals surface area contributed by atoms with Crippen LogP contribution >= 0.6 is 0 Å². The second kappa shape index (κ2) is 4.39. The van der Waals surface area contributed by atoms with Gasteiger partial charge in [0.2, 0.25) is 0 Å². The van der Waals surface area contributed by atoms with Gasteiger partial charge in [-0.2, -0.15) is 0 Å². The van der Waals surface area contributed by atoms with Crippen LogP contribution in [0.5, 0.6) is 0 Å². The summed E-state index contributed by atoms with van der Waals surface area (Å²) in [5, 5.41) is 10.0. The molecule has 10 heavy (non-hydrogen) atoms. The molecule has 2 N–H and O–H groups in total. The van der Waals surface area contributed by atoms with Crippen LogP contribution in [-0.4, -0.2) is 23.5 Å². The lowest BCUT2D eigenvalue weighted by atomic mass is 10.2. The summed E-state index contributed by atoms with van der Waals surface area (Å²) in [5.74, 6) is 2.17. The van der Waals surface area contributed by atoms with Gasteiger partial charge in [0.1, 0.15) is 6.29 Å². The minimum atomic E-state index is -1.24. The Hall–Kier alpha value is -1.50. The molecule has 0 spiro atoms. The van der Waals surface area contributed by atoms with Gasteiger partial charge >= 0.3 is 6.09 Å². The average Bonchev–Trinajstić information content (AvgIpc) is 1.86. The molecule has 1 amide bonds. The normalized spacial score (nSPS) is 11.1. The van der Waals surface area contributed by atoms with Crippen molar-refractivity contribution in [2.24, 2.45) is 0 Å². The lowest BCUT2D eigenvalue weighted by molar-refractivity contribution is -0.109. The molecule has 0 heterocycles. The molecule has 0 aliphatic heterocycles. The molecule has 0 aromatic heterocycles. The number of nitrogens with one attached hydrogen (secondary N) is 1. The Labute approximate surface area is 58.2 Å². The zero-order valence-corrected chi connectivity index (χ0v) is 5.20. The molecule has 0 radical (unpaired) electrons. The van der Waals surface area contributed by atoms with Crippen LogP contribution < -0.4 is 5.32 Å². The molecule has 4 nitrogen and oxygen atoms in total. The predicted molar refractivity (Wildman–Crippen MR) is 34.5 cm³/mol. The van der Waals surface area contributed by atoms with Gasteiger partial charge in [-0.15, -0.1) is 12.3 Å². The highest BCUT2D eigenvalue weighted by Gasteiger charge is 2.06. The average molecular weight is 141 g/mol. The monoisotopic (exact) mass is 141 g/mol. The maximum atomic E-state index is 10.0. The summed E-state index contributed by atoms with van der Waals surface area (Å²) in [6.07, 6.45) is 4.15. The number of aldehydes is 1. The maximum Gasteiger partial charge on any atom is 0.405 e. The lowest BCUT2D eigenvalue weighted by Crippen LogP contribution is -2.34. The summed E-state index contributed by atoms with van der Waals surface area (Å²) in [7, 11) is 0. The minimum absolute atomic E-state index is 0.0931. The molecule has 0 saturated carbocycles. The molecule has 0 aromatic rings. The minimum Gasteiger partial charge on any atom is -0.465 e. The van der Waals surface area contributed by atoms with Crippen LogP contribution in [0.2, 0.25) is 0 Å². The Morgan fingerprint density at radius 2 is 2.50 bits per heavy atom. The fourth-order valence-electron chi connectivity index (χ4n) is 0.419. The van der Waals surface area contributed by atoms with Crippen LogP contribution in [0.4, 0.5) is 4.79 Å². The second-order valence-electron chi connectivity index (χ2n) is 1.60. The summed E-state index contributed by atoms with van der Waals surface area (Å²) in [6, 6.07) is -0.775. The standard InChI is InChI=1S/C6H7NO3/c1-2-3-5(4-8)7-6(9)10/h1,4-5,7H,3H2,(H,9,10). The fourth-order valence-corrected chi connectivity index (χ4v) is 0.419. The Morgan fingerprint density at radius 3 is 2.80 bits per heavy atom. The molecular formula is C6H7NO3. The van der Waals surface area contributed by atoms with E-state index in [1.54, 1.807) is 0 Å². The van der Waals surface area contributed by atoms with Crippen LogP contribution in [0, 0.1) is 12.3 Å². The van der Waals surface area contributed by atoms with Crippen molar-refractivity contribution in [1.29, 1.82) is 0 Å². The molecule has 0 aromatic carbocycles. The highest BCUT2D eigenvalue weighted by atomic mass is 16.4. The lowest BCUT2D eigenvalue weighted by Gasteiger charge is -2.03. The molecule has 0 rings (SSSR count). The number of hydrogen-bond acceptors (Lipinski definition) is 2. The summed E-state index contributed by atoms with van der Waals surface area (Å²) in [5.41, 5.74) is 0. The summed E-state index contributed by atoms with van der Waals surface area (Å²) >= 11 is 0. The van der Waals surface area contributed by atoms with E-state index in [-0.39, 0.29) is 6.42 Å². The van der Waals surface area contributed by atoms with Crippen molar-refractivity contribution in [1.82, 2.24) is 5.32 Å². The quantitative estimate of drug-likeness (QED) is 0.424. The van der Waals surface area contributed by atoms with Gasteiger partial charge in [-0.3, -0.25) is 0 Å². The van der Waals surface area contributed by atoms with Gasteiger partial charge in [0, 0.05) is 6.42 Å². The summed E-state index contributed by atoms with van der Waals surface area (Å²) in [6.45, 7) is 0. The van der Waals surface area contributed by atoms with E-state index < -0.39 is 12.1 Å². The molecule has 1 atom stereocenters. The SMILES string of the molecule is C#CCC(C=O)NC(=O)O. The maximum absolute atomic E-state index is 10.0. The number of carboxylic acid groups (broad SMARTS) is 1. The smallest absolute Gasteiger partial charge is 0.405 e. The largest absolute Gasteiger partial charge is 0.465 e. The summed E-state index contributed by atoms with van der Waals surface area (Å²) < 4.78 is 0. The van der Waals surface area contributed by atoms with Crippen molar-refractivity contribution in [3.05, 3.63) is 0 Å². The second-order valence-corrected chi connectivity index (χ2v) is 1.60. The van der Waals surface area contributed by atoms with Crippen LogP contribution in [0.25, 0.3) is 0 Å². The number of rotatable bonds is 3. The van der Waals surface area contributed by atoms with Gasteiger partial charge in [0.15, 0.2) is 0 Å². The van der Waals surface area contributed by atoms with Gasteiger partial charge in [-0.25, -0.2) is 4.79 Å². The van der Waals surface area contributed by atoms with Crippen molar-refractivity contribution in [3.63, 3.8) is 0 Å². The third-order valence-corrected chi connectivity index (χ3v) is 0.811. The number of hydrogen-bond donors (Lipinski definition) is 2. The molecule has 1 unspecified atom stereocenters. The van der Waals surface area contributed by atoms with E-state index in [0.29, 0.717) is 6.29 Å². The molecule has 4 heteroatoms. The van der Waals surface area contributed by atoms with Crippen molar-refractivity contribution >= 4 is 12.4 Å². The Balaban J connectivity index is 3.73. The zero-order chi connectivity index (χ0) is 7.98. The fraction of sp³-hybridized carbons (Fsp3) is 0.333. The van der Waals surface area contributed by atoms with Gasteiger partial charge in [-0.05, 0) is 0 Å². The van der Waals surface area contributed by atoms with Crippen LogP contribution in [0.1, 0.15) is 6.42 Å². The van der Waals surface area contributed by atoms with E-state index in [9.17, 15) is 9.59 Å². The highest BCUT2D eigenvalue weighted by molar-refractivity contribution is 5.71. The molecule has 0 aliphatic rings. The molecule has 0 fully saturated rings. The number of terminal acetylenes is 1. The van der Waals surface area contributed by atoms with Crippen LogP contribution in [0.3, 0.4) is 0 Å². The van der Waals surface area contributed by atoms with E-state index in [1.807, 2.05) is 5.32 Å². The van der Waals surface area contributed by atoms with Crippen molar-refractivity contribution in [3.8, 4) is 12.3 Å². The van der Waals surface area contributed by atoms with Crippen molar-refractivity contribution in [2.75, 3.05) is 0 Å². The van der Waals surface area contributed by atoms with E-state index in [4.69, 9.17) is 11.5 Å². The summed E-state index contributed by atoms with van der Waals surface area (Å²) in [4.78, 5) is 19.9. The molecular weight excluding hydrogens is 134 g/mol. The van der Waals surface area contributed by atoms with Crippen LogP contribution in [0.15, 0.2) is 0 Å². The molecule has 0 saturated heterocycles. The van der Waals surface area contributed by atoms with E-state index in [1.165, 1.54) is 0 Å². The Morgan fingerprint density at radius 1 is 1.90 bits per heavy atom. The van der Waals surface area contributed by atoms with E-state index >= 15 is 0 Å². The highest BCUT2D eigenvalue weighted by Crippen LogP contribution is 1.84. The molecule has 0 aliphatic carbocycles. The molecule has 0 bridgehead atoms. The predicted octanol–water partition coefficient (Wildman–Crippen LogP) is -0.155. The topological polar surface area (TPSA) is 66.4 Å². The zero-order valence-electron chi connectivity index (χ0n) is 5.20.